The summed E-state index contributed by atoms with van der Waals surface area (Å²) in [6.45, 7) is 5.10. The highest BCUT2D eigenvalue weighted by molar-refractivity contribution is 9.09. The molecule has 0 unspecified atom stereocenters. The molecule has 0 saturated carbocycles. The van der Waals surface area contributed by atoms with Crippen molar-refractivity contribution in [2.24, 2.45) is 0 Å². The van der Waals surface area contributed by atoms with Crippen molar-refractivity contribution in [3.05, 3.63) is 50.4 Å². The molecule has 0 atom stereocenters. The number of hydrogen-bond acceptors (Lipinski definition) is 5. The van der Waals surface area contributed by atoms with Crippen LogP contribution in [0.3, 0.4) is 0 Å². The number of nitrogens with zero attached hydrogens (tertiary/aromatic N) is 4. The molecule has 3 aromatic rings. The van der Waals surface area contributed by atoms with Gasteiger partial charge in [0.2, 0.25) is 0 Å². The van der Waals surface area contributed by atoms with E-state index in [9.17, 15) is 9.59 Å². The second kappa shape index (κ2) is 11.4. The van der Waals surface area contributed by atoms with E-state index in [4.69, 9.17) is 14.5 Å². The molecule has 0 aliphatic heterocycles. The van der Waals surface area contributed by atoms with Gasteiger partial charge in [-0.05, 0) is 50.5 Å². The van der Waals surface area contributed by atoms with Gasteiger partial charge in [-0.2, -0.15) is 0 Å². The van der Waals surface area contributed by atoms with Crippen molar-refractivity contribution in [2.45, 2.75) is 52.7 Å². The summed E-state index contributed by atoms with van der Waals surface area (Å²) < 4.78 is 15.5. The third kappa shape index (κ3) is 5.08. The number of rotatable bonds is 11. The number of halogens is 1. The molecule has 2 aromatic heterocycles. The first-order chi connectivity index (χ1) is 16.0. The number of ether oxygens (including phenoxy) is 2. The summed E-state index contributed by atoms with van der Waals surface area (Å²) in [6.07, 6.45) is 6.80. The SMILES string of the molecule is CCn1c(=O)c2c(nc(/C=C/c3ccc(OC)c(OC)c3)n2CCCCCBr)n(CC)c1=O. The number of hydrogen-bond donors (Lipinski definition) is 0. The number of alkyl halides is 1. The van der Waals surface area contributed by atoms with Gasteiger partial charge < -0.3 is 14.0 Å². The summed E-state index contributed by atoms with van der Waals surface area (Å²) in [6, 6.07) is 5.65. The van der Waals surface area contributed by atoms with E-state index in [1.807, 2.05) is 48.8 Å². The van der Waals surface area contributed by atoms with Gasteiger partial charge in [0, 0.05) is 25.0 Å². The van der Waals surface area contributed by atoms with Crippen LogP contribution >= 0.6 is 15.9 Å². The topological polar surface area (TPSA) is 80.3 Å². The minimum absolute atomic E-state index is 0.291. The number of methoxy groups -OCH3 is 2. The van der Waals surface area contributed by atoms with E-state index in [0.717, 1.165) is 30.2 Å². The van der Waals surface area contributed by atoms with E-state index >= 15 is 0 Å². The molecule has 0 fully saturated rings. The molecule has 3 rings (SSSR count). The van der Waals surface area contributed by atoms with Gasteiger partial charge >= 0.3 is 5.69 Å². The second-order valence-corrected chi connectivity index (χ2v) is 8.36. The lowest BCUT2D eigenvalue weighted by atomic mass is 10.2. The molecule has 0 N–H and O–H groups in total. The zero-order chi connectivity index (χ0) is 24.0. The molecule has 0 amide bonds. The molecule has 2 heterocycles. The van der Waals surface area contributed by atoms with Crippen molar-refractivity contribution in [3.63, 3.8) is 0 Å². The molecular formula is C24H31BrN4O4. The molecular weight excluding hydrogens is 488 g/mol. The van der Waals surface area contributed by atoms with Gasteiger partial charge in [-0.15, -0.1) is 0 Å². The Morgan fingerprint density at radius 2 is 1.67 bits per heavy atom. The van der Waals surface area contributed by atoms with Crippen LogP contribution in [0.1, 0.15) is 44.5 Å². The van der Waals surface area contributed by atoms with Gasteiger partial charge in [0.05, 0.1) is 14.2 Å². The second-order valence-electron chi connectivity index (χ2n) is 7.57. The first kappa shape index (κ1) is 24.8. The third-order valence-electron chi connectivity index (χ3n) is 5.62. The third-order valence-corrected chi connectivity index (χ3v) is 6.18. The largest absolute Gasteiger partial charge is 0.493 e. The first-order valence-corrected chi connectivity index (χ1v) is 12.3. The zero-order valence-corrected chi connectivity index (χ0v) is 21.2. The van der Waals surface area contributed by atoms with Crippen molar-refractivity contribution < 1.29 is 9.47 Å². The number of benzene rings is 1. The van der Waals surface area contributed by atoms with Crippen molar-refractivity contribution in [2.75, 3.05) is 19.5 Å². The minimum Gasteiger partial charge on any atom is -0.493 e. The van der Waals surface area contributed by atoms with Crippen molar-refractivity contribution >= 4 is 39.2 Å². The smallest absolute Gasteiger partial charge is 0.332 e. The van der Waals surface area contributed by atoms with Crippen LogP contribution < -0.4 is 20.7 Å². The van der Waals surface area contributed by atoms with Crippen molar-refractivity contribution in [1.82, 2.24) is 18.7 Å². The van der Waals surface area contributed by atoms with E-state index in [1.54, 1.807) is 18.8 Å². The van der Waals surface area contributed by atoms with Gasteiger partial charge in [-0.3, -0.25) is 13.9 Å². The predicted octanol–water partition coefficient (Wildman–Crippen LogP) is 4.15. The highest BCUT2D eigenvalue weighted by Gasteiger charge is 2.19. The maximum Gasteiger partial charge on any atom is 0.332 e. The summed E-state index contributed by atoms with van der Waals surface area (Å²) >= 11 is 3.47. The Morgan fingerprint density at radius 1 is 0.939 bits per heavy atom. The van der Waals surface area contributed by atoms with E-state index in [0.29, 0.717) is 48.1 Å². The number of aryl methyl sites for hydroxylation is 2. The molecule has 0 saturated heterocycles. The molecule has 9 heteroatoms. The predicted molar refractivity (Wildman–Crippen MR) is 136 cm³/mol. The molecule has 0 aliphatic rings. The number of aromatic nitrogens is 4. The normalized spacial score (nSPS) is 11.5. The van der Waals surface area contributed by atoms with Crippen LogP contribution in [0.4, 0.5) is 0 Å². The van der Waals surface area contributed by atoms with E-state index in [-0.39, 0.29) is 11.2 Å². The molecule has 0 aliphatic carbocycles. The van der Waals surface area contributed by atoms with Crippen LogP contribution in [-0.2, 0) is 19.6 Å². The minimum atomic E-state index is -0.322. The van der Waals surface area contributed by atoms with E-state index in [1.165, 1.54) is 4.57 Å². The highest BCUT2D eigenvalue weighted by atomic mass is 79.9. The molecule has 8 nitrogen and oxygen atoms in total. The van der Waals surface area contributed by atoms with Crippen LogP contribution in [-0.4, -0.2) is 38.2 Å². The highest BCUT2D eigenvalue weighted by Crippen LogP contribution is 2.28. The Hall–Kier alpha value is -2.81. The first-order valence-electron chi connectivity index (χ1n) is 11.2. The average molecular weight is 519 g/mol. The summed E-state index contributed by atoms with van der Waals surface area (Å²) in [5, 5.41) is 0.946. The van der Waals surface area contributed by atoms with Gasteiger partial charge in [0.25, 0.3) is 5.56 Å². The van der Waals surface area contributed by atoms with Crippen LogP contribution in [0.2, 0.25) is 0 Å². The Morgan fingerprint density at radius 3 is 2.30 bits per heavy atom. The van der Waals surface area contributed by atoms with Gasteiger partial charge in [-0.1, -0.05) is 34.5 Å². The Balaban J connectivity index is 2.15. The van der Waals surface area contributed by atoms with E-state index < -0.39 is 0 Å². The van der Waals surface area contributed by atoms with Gasteiger partial charge in [0.15, 0.2) is 22.7 Å². The fraction of sp³-hybridized carbons (Fsp3) is 0.458. The van der Waals surface area contributed by atoms with Crippen LogP contribution in [0.25, 0.3) is 23.3 Å². The lowest BCUT2D eigenvalue weighted by Gasteiger charge is -2.10. The fourth-order valence-electron chi connectivity index (χ4n) is 3.89. The average Bonchev–Trinajstić information content (AvgIpc) is 3.19. The summed E-state index contributed by atoms with van der Waals surface area (Å²) in [4.78, 5) is 30.8. The number of imidazole rings is 1. The summed E-state index contributed by atoms with van der Waals surface area (Å²) in [7, 11) is 3.20. The standard InChI is InChI=1S/C24H31BrN4O4/c1-5-27-22-21(23(30)28(6-2)24(27)31)29(15-9-7-8-14-25)20(26-22)13-11-17-10-12-18(32-3)19(16-17)33-4/h10-13,16H,5-9,14-15H2,1-4H3/b13-11+. The van der Waals surface area contributed by atoms with Crippen LogP contribution in [0.5, 0.6) is 11.5 Å². The molecule has 0 bridgehead atoms. The number of fused-ring (bicyclic) bond motifs is 1. The summed E-state index contributed by atoms with van der Waals surface area (Å²) in [5.74, 6) is 1.93. The van der Waals surface area contributed by atoms with Crippen molar-refractivity contribution in [3.8, 4) is 11.5 Å². The Labute approximate surface area is 201 Å². The van der Waals surface area contributed by atoms with Crippen LogP contribution in [0, 0.1) is 0 Å². The lowest BCUT2D eigenvalue weighted by Crippen LogP contribution is -2.40. The van der Waals surface area contributed by atoms with Gasteiger partial charge in [0.1, 0.15) is 5.82 Å². The fourth-order valence-corrected chi connectivity index (χ4v) is 4.29. The molecule has 0 spiro atoms. The van der Waals surface area contributed by atoms with Crippen LogP contribution in [0.15, 0.2) is 27.8 Å². The monoisotopic (exact) mass is 518 g/mol. The Bertz CT molecular complexity index is 1260. The number of unbranched alkanes of at least 4 members (excludes halogenated alkanes) is 2. The Kier molecular flexibility index (Phi) is 8.55. The molecule has 0 radical (unpaired) electrons. The molecule has 178 valence electrons. The zero-order valence-electron chi connectivity index (χ0n) is 19.6. The van der Waals surface area contributed by atoms with Gasteiger partial charge in [-0.25, -0.2) is 9.78 Å². The molecule has 33 heavy (non-hydrogen) atoms. The van der Waals surface area contributed by atoms with E-state index in [2.05, 4.69) is 15.9 Å². The summed E-state index contributed by atoms with van der Waals surface area (Å²) in [5.41, 5.74) is 1.20. The molecule has 1 aromatic carbocycles. The van der Waals surface area contributed by atoms with Crippen molar-refractivity contribution in [1.29, 1.82) is 0 Å². The quantitative estimate of drug-likeness (QED) is 0.281. The lowest BCUT2D eigenvalue weighted by molar-refractivity contribution is 0.355. The maximum atomic E-state index is 13.2. The maximum absolute atomic E-state index is 13.2.